The Balaban J connectivity index is 0.000000174. The Morgan fingerprint density at radius 2 is 1.11 bits per heavy atom. The van der Waals surface area contributed by atoms with E-state index >= 15 is 0 Å². The van der Waals surface area contributed by atoms with E-state index < -0.39 is 5.97 Å². The maximum atomic E-state index is 12.9. The Morgan fingerprint density at radius 3 is 1.51 bits per heavy atom. The summed E-state index contributed by atoms with van der Waals surface area (Å²) < 4.78 is 15.7. The molecular weight excluding hydrogens is 721 g/mol. The molecule has 0 radical (unpaired) electrons. The second-order valence-electron chi connectivity index (χ2n) is 16.7. The second kappa shape index (κ2) is 18.2. The maximum absolute atomic E-state index is 12.9. The van der Waals surface area contributed by atoms with Crippen LogP contribution in [0, 0.1) is 23.7 Å². The molecule has 2 N–H and O–H groups in total. The predicted octanol–water partition coefficient (Wildman–Crippen LogP) is 6.42. The van der Waals surface area contributed by atoms with Crippen LogP contribution in [0.2, 0.25) is 0 Å². The molecule has 57 heavy (non-hydrogen) atoms. The zero-order chi connectivity index (χ0) is 40.2. The fraction of sp³-hybridized carbons (Fsp3) is 0.587. The number of aliphatic hydroxyl groups is 1. The van der Waals surface area contributed by atoms with Gasteiger partial charge in [-0.3, -0.25) is 14.4 Å². The minimum absolute atomic E-state index is 0.00462. The van der Waals surface area contributed by atoms with E-state index in [-0.39, 0.29) is 25.0 Å². The number of likely N-dealkylation sites (N-methyl/N-ethyl adjacent to an activating group) is 2. The number of amides is 2. The fourth-order valence-electron chi connectivity index (χ4n) is 10.4. The number of nitrogens with zero attached hydrogens (tertiary/aromatic N) is 4. The third-order valence-electron chi connectivity index (χ3n) is 13.7. The number of aliphatic hydroxyl groups excluding tert-OH is 1. The summed E-state index contributed by atoms with van der Waals surface area (Å²) >= 11 is 0. The monoisotopic (exact) mass is 782 g/mol. The molecule has 2 aromatic carbocycles. The van der Waals surface area contributed by atoms with Gasteiger partial charge in [-0.15, -0.1) is 0 Å². The number of hydrogen-bond donors (Lipinski definition) is 2. The number of carbonyl (C=O) groups is 3. The van der Waals surface area contributed by atoms with E-state index in [1.165, 1.54) is 64.0 Å². The van der Waals surface area contributed by atoms with Crippen LogP contribution in [0.3, 0.4) is 0 Å². The molecule has 2 saturated heterocycles. The number of aryl methyl sites for hydroxylation is 2. The van der Waals surface area contributed by atoms with Crippen molar-refractivity contribution >= 4 is 39.6 Å². The first-order chi connectivity index (χ1) is 27.6. The van der Waals surface area contributed by atoms with Crippen LogP contribution in [0.4, 0.5) is 0 Å². The van der Waals surface area contributed by atoms with Gasteiger partial charge in [-0.1, -0.05) is 0 Å². The van der Waals surface area contributed by atoms with Crippen LogP contribution in [0.5, 0.6) is 0 Å². The van der Waals surface area contributed by atoms with Crippen molar-refractivity contribution in [2.75, 3.05) is 59.2 Å². The average Bonchev–Trinajstić information content (AvgIpc) is 3.70. The first-order valence-electron chi connectivity index (χ1n) is 21.4. The lowest BCUT2D eigenvalue weighted by molar-refractivity contribution is -0.137. The highest BCUT2D eigenvalue weighted by molar-refractivity contribution is 6.01. The average molecular weight is 783 g/mol. The highest BCUT2D eigenvalue weighted by Gasteiger charge is 2.33. The first-order valence-corrected chi connectivity index (χ1v) is 21.4. The third kappa shape index (κ3) is 8.52. The molecule has 8 rings (SSSR count). The van der Waals surface area contributed by atoms with E-state index in [0.717, 1.165) is 99.2 Å². The molecule has 2 aromatic heterocycles. The van der Waals surface area contributed by atoms with Crippen molar-refractivity contribution in [2.24, 2.45) is 37.8 Å². The number of benzene rings is 2. The standard InChI is InChI=1S/C23H30N2O4.C23H32N2O3/c1-3-25(14-22(26)27)23(28)17-5-7-21-19(13-17)18-12-16(4-6-20(18)24(21)2)15-8-10-29-11-9-15;1-3-25(10-11-26)23(27)18-5-7-22-20(15-18)19-14-17(4-6-21(19)24(22)2)16-8-12-28-13-9-16/h5,7,13,15-16H,3-4,6,8-12,14H2,1-2H3,(H,26,27);5,7,15-17,26H,3-4,6,8-14H2,1-2H3. The van der Waals surface area contributed by atoms with Crippen molar-refractivity contribution in [1.29, 1.82) is 0 Å². The summed E-state index contributed by atoms with van der Waals surface area (Å²) in [5.41, 5.74) is 9.31. The van der Waals surface area contributed by atoms with E-state index in [1.807, 2.05) is 38.1 Å². The van der Waals surface area contributed by atoms with Gasteiger partial charge >= 0.3 is 5.97 Å². The normalized spacial score (nSPS) is 20.1. The summed E-state index contributed by atoms with van der Waals surface area (Å²) in [7, 11) is 4.27. The van der Waals surface area contributed by atoms with Gasteiger partial charge in [0.2, 0.25) is 0 Å². The predicted molar refractivity (Wildman–Crippen MR) is 222 cm³/mol. The smallest absolute Gasteiger partial charge is 0.323 e. The molecule has 0 bridgehead atoms. The van der Waals surface area contributed by atoms with E-state index in [0.29, 0.717) is 31.1 Å². The van der Waals surface area contributed by atoms with Crippen LogP contribution in [0.15, 0.2) is 36.4 Å². The van der Waals surface area contributed by atoms with Crippen molar-refractivity contribution in [3.63, 3.8) is 0 Å². The van der Waals surface area contributed by atoms with Crippen LogP contribution in [0.25, 0.3) is 21.8 Å². The summed E-state index contributed by atoms with van der Waals surface area (Å²) in [6.07, 6.45) is 11.5. The van der Waals surface area contributed by atoms with Gasteiger partial charge in [0.25, 0.3) is 11.8 Å². The zero-order valence-corrected chi connectivity index (χ0v) is 34.4. The van der Waals surface area contributed by atoms with Crippen LogP contribution in [-0.2, 0) is 54.0 Å². The lowest BCUT2D eigenvalue weighted by Crippen LogP contribution is -2.35. The number of hydrogen-bond acceptors (Lipinski definition) is 6. The van der Waals surface area contributed by atoms with Crippen molar-refractivity contribution < 1.29 is 34.1 Å². The lowest BCUT2D eigenvalue weighted by atomic mass is 9.75. The van der Waals surface area contributed by atoms with Crippen LogP contribution in [0.1, 0.15) is 95.6 Å². The Labute approximate surface area is 336 Å². The van der Waals surface area contributed by atoms with Gasteiger partial charge in [-0.25, -0.2) is 0 Å². The summed E-state index contributed by atoms with van der Waals surface area (Å²) in [4.78, 5) is 40.0. The Hall–Kier alpha value is -4.19. The summed E-state index contributed by atoms with van der Waals surface area (Å²) in [5, 5.41) is 20.7. The number of aromatic nitrogens is 2. The zero-order valence-electron chi connectivity index (χ0n) is 34.4. The fourth-order valence-corrected chi connectivity index (χ4v) is 10.4. The highest BCUT2D eigenvalue weighted by Crippen LogP contribution is 2.41. The van der Waals surface area contributed by atoms with Gasteiger partial charge in [-0.05, 0) is 149 Å². The largest absolute Gasteiger partial charge is 0.480 e. The minimum atomic E-state index is -0.988. The number of aliphatic carboxylic acids is 1. The van der Waals surface area contributed by atoms with Gasteiger partial charge in [0.05, 0.1) is 6.61 Å². The molecule has 11 heteroatoms. The highest BCUT2D eigenvalue weighted by atomic mass is 16.5. The topological polar surface area (TPSA) is 126 Å². The molecule has 4 aromatic rings. The molecule has 4 heterocycles. The molecule has 2 aliphatic carbocycles. The van der Waals surface area contributed by atoms with E-state index in [2.05, 4.69) is 35.4 Å². The number of fused-ring (bicyclic) bond motifs is 6. The Bertz CT molecular complexity index is 2070. The SMILES string of the molecule is CCN(CC(=O)O)C(=O)c1ccc2c(c1)c1c(n2C)CCC(C2CCOCC2)C1.CCN(CCO)C(=O)c1ccc2c(c1)c1c(n2C)CCC(C2CCOCC2)C1. The molecule has 4 aliphatic rings. The van der Waals surface area contributed by atoms with Crippen LogP contribution >= 0.6 is 0 Å². The second-order valence-corrected chi connectivity index (χ2v) is 16.7. The first kappa shape index (κ1) is 41.0. The summed E-state index contributed by atoms with van der Waals surface area (Å²) in [5.74, 6) is 1.69. The van der Waals surface area contributed by atoms with Crippen molar-refractivity contribution in [1.82, 2.24) is 18.9 Å². The van der Waals surface area contributed by atoms with E-state index in [4.69, 9.17) is 14.6 Å². The Kier molecular flexibility index (Phi) is 13.1. The molecule has 2 aliphatic heterocycles. The van der Waals surface area contributed by atoms with Gasteiger partial charge in [0.15, 0.2) is 0 Å². The van der Waals surface area contributed by atoms with Gasteiger partial charge in [0, 0.05) is 104 Å². The van der Waals surface area contributed by atoms with Gasteiger partial charge in [-0.2, -0.15) is 0 Å². The number of ether oxygens (including phenoxy) is 2. The van der Waals surface area contributed by atoms with Crippen molar-refractivity contribution in [3.05, 3.63) is 70.0 Å². The maximum Gasteiger partial charge on any atom is 0.323 e. The molecule has 2 amide bonds. The Morgan fingerprint density at radius 1 is 0.667 bits per heavy atom. The van der Waals surface area contributed by atoms with Crippen molar-refractivity contribution in [3.8, 4) is 0 Å². The van der Waals surface area contributed by atoms with Gasteiger partial charge < -0.3 is 38.6 Å². The number of carbonyl (C=O) groups excluding carboxylic acids is 2. The van der Waals surface area contributed by atoms with Crippen LogP contribution < -0.4 is 0 Å². The molecule has 0 saturated carbocycles. The van der Waals surface area contributed by atoms with E-state index in [1.54, 1.807) is 4.90 Å². The summed E-state index contributed by atoms with van der Waals surface area (Å²) in [6.45, 7) is 8.40. The molecule has 0 spiro atoms. The minimum Gasteiger partial charge on any atom is -0.480 e. The molecule has 11 nitrogen and oxygen atoms in total. The lowest BCUT2D eigenvalue weighted by Gasteiger charge is -2.33. The van der Waals surface area contributed by atoms with Crippen molar-refractivity contribution in [2.45, 2.75) is 78.1 Å². The third-order valence-corrected chi connectivity index (χ3v) is 13.7. The molecule has 2 atom stereocenters. The quantitative estimate of drug-likeness (QED) is 0.190. The molecule has 2 unspecified atom stereocenters. The number of rotatable bonds is 10. The molecular formula is C46H62N4O7. The number of carboxylic acid groups (broad SMARTS) is 1. The summed E-state index contributed by atoms with van der Waals surface area (Å²) in [6, 6.07) is 11.9. The van der Waals surface area contributed by atoms with Gasteiger partial charge in [0.1, 0.15) is 6.54 Å². The van der Waals surface area contributed by atoms with E-state index in [9.17, 15) is 19.5 Å². The number of carboxylic acids is 1. The van der Waals surface area contributed by atoms with Crippen LogP contribution in [-0.4, -0.2) is 106 Å². The molecule has 308 valence electrons. The molecule has 2 fully saturated rings.